The summed E-state index contributed by atoms with van der Waals surface area (Å²) in [5.74, 6) is -0.142. The van der Waals surface area contributed by atoms with Crippen molar-refractivity contribution in [2.75, 3.05) is 0 Å². The van der Waals surface area contributed by atoms with Gasteiger partial charge in [0.1, 0.15) is 5.60 Å². The second kappa shape index (κ2) is 4.86. The number of aromatic nitrogens is 3. The highest BCUT2D eigenvalue weighted by atomic mass is 16.3. The summed E-state index contributed by atoms with van der Waals surface area (Å²) in [4.78, 5) is 11.2. The molecule has 1 aromatic heterocycles. The van der Waals surface area contributed by atoms with Gasteiger partial charge in [-0.2, -0.15) is 0 Å². The average molecular weight is 267 g/mol. The highest BCUT2D eigenvalue weighted by Gasteiger charge is 2.30. The monoisotopic (exact) mass is 267 g/mol. The van der Waals surface area contributed by atoms with E-state index in [-0.39, 0.29) is 5.78 Å². The van der Waals surface area contributed by atoms with Crippen molar-refractivity contribution in [2.24, 2.45) is 0 Å². The standard InChI is InChI=1S/C15H13N3O2/c19-13-6-8-15(20,9-7-13)14-10-16-17-18(14)11-12-4-2-1-3-5-12/h1-10,20H,11H2. The SMILES string of the molecule is O=C1C=CC(O)(c2cnnn2Cc2ccccc2)C=C1. The second-order valence-corrected chi connectivity index (χ2v) is 4.66. The lowest BCUT2D eigenvalue weighted by Crippen LogP contribution is -2.27. The fourth-order valence-corrected chi connectivity index (χ4v) is 2.14. The van der Waals surface area contributed by atoms with Gasteiger partial charge >= 0.3 is 0 Å². The summed E-state index contributed by atoms with van der Waals surface area (Å²) in [7, 11) is 0. The van der Waals surface area contributed by atoms with Gasteiger partial charge in [0.2, 0.25) is 0 Å². The van der Waals surface area contributed by atoms with E-state index >= 15 is 0 Å². The van der Waals surface area contributed by atoms with E-state index in [1.54, 1.807) is 4.68 Å². The van der Waals surface area contributed by atoms with Gasteiger partial charge in [-0.1, -0.05) is 35.5 Å². The molecule has 0 aliphatic heterocycles. The van der Waals surface area contributed by atoms with Crippen LogP contribution in [0.1, 0.15) is 11.3 Å². The third-order valence-corrected chi connectivity index (χ3v) is 3.21. The summed E-state index contributed by atoms with van der Waals surface area (Å²) in [5.41, 5.74) is 0.246. The molecule has 0 unspecified atom stereocenters. The van der Waals surface area contributed by atoms with Crippen molar-refractivity contribution in [1.82, 2.24) is 15.0 Å². The highest BCUT2D eigenvalue weighted by molar-refractivity contribution is 6.00. The van der Waals surface area contributed by atoms with Crippen LogP contribution in [0.15, 0.2) is 60.8 Å². The van der Waals surface area contributed by atoms with Crippen molar-refractivity contribution in [1.29, 1.82) is 0 Å². The smallest absolute Gasteiger partial charge is 0.178 e. The van der Waals surface area contributed by atoms with E-state index in [1.165, 1.54) is 30.5 Å². The van der Waals surface area contributed by atoms with Gasteiger partial charge in [-0.05, 0) is 29.9 Å². The van der Waals surface area contributed by atoms with Crippen LogP contribution >= 0.6 is 0 Å². The van der Waals surface area contributed by atoms with Crippen LogP contribution in [0.5, 0.6) is 0 Å². The molecule has 1 aliphatic carbocycles. The van der Waals surface area contributed by atoms with Crippen LogP contribution in [0.2, 0.25) is 0 Å². The summed E-state index contributed by atoms with van der Waals surface area (Å²) < 4.78 is 1.62. The lowest BCUT2D eigenvalue weighted by molar-refractivity contribution is -0.110. The van der Waals surface area contributed by atoms with Crippen LogP contribution in [-0.2, 0) is 16.9 Å². The molecule has 1 heterocycles. The summed E-state index contributed by atoms with van der Waals surface area (Å²) >= 11 is 0. The van der Waals surface area contributed by atoms with Crippen molar-refractivity contribution >= 4 is 5.78 Å². The lowest BCUT2D eigenvalue weighted by Gasteiger charge is -2.22. The minimum atomic E-state index is -1.34. The van der Waals surface area contributed by atoms with E-state index in [2.05, 4.69) is 10.3 Å². The number of carbonyl (C=O) groups is 1. The summed E-state index contributed by atoms with van der Waals surface area (Å²) in [5, 5.41) is 18.4. The van der Waals surface area contributed by atoms with Crippen LogP contribution in [0.3, 0.4) is 0 Å². The molecule has 20 heavy (non-hydrogen) atoms. The number of benzene rings is 1. The lowest BCUT2D eigenvalue weighted by atomic mass is 9.94. The number of carbonyl (C=O) groups excluding carboxylic acids is 1. The Kier molecular flexibility index (Phi) is 3.04. The molecular formula is C15H13N3O2. The summed E-state index contributed by atoms with van der Waals surface area (Å²) in [6.07, 6.45) is 7.11. The maximum Gasteiger partial charge on any atom is 0.178 e. The van der Waals surface area contributed by atoms with E-state index in [9.17, 15) is 9.90 Å². The summed E-state index contributed by atoms with van der Waals surface area (Å²) in [6, 6.07) is 9.79. The molecule has 3 rings (SSSR count). The number of hydrogen-bond acceptors (Lipinski definition) is 4. The van der Waals surface area contributed by atoms with Gasteiger partial charge in [0.15, 0.2) is 5.78 Å². The van der Waals surface area contributed by atoms with Crippen LogP contribution in [0.25, 0.3) is 0 Å². The molecule has 5 heteroatoms. The molecule has 0 radical (unpaired) electrons. The fraction of sp³-hybridized carbons (Fsp3) is 0.133. The molecule has 5 nitrogen and oxygen atoms in total. The molecule has 1 N–H and O–H groups in total. The molecule has 100 valence electrons. The zero-order valence-corrected chi connectivity index (χ0v) is 10.7. The maximum absolute atomic E-state index is 11.2. The van der Waals surface area contributed by atoms with Gasteiger partial charge in [0, 0.05) is 0 Å². The Hall–Kier alpha value is -2.53. The number of rotatable bonds is 3. The number of hydrogen-bond donors (Lipinski definition) is 1. The normalized spacial score (nSPS) is 16.6. The Balaban J connectivity index is 1.93. The van der Waals surface area contributed by atoms with Crippen molar-refractivity contribution < 1.29 is 9.90 Å². The quantitative estimate of drug-likeness (QED) is 0.907. The minimum absolute atomic E-state index is 0.142. The van der Waals surface area contributed by atoms with E-state index < -0.39 is 5.60 Å². The van der Waals surface area contributed by atoms with Crippen molar-refractivity contribution in [3.05, 3.63) is 72.1 Å². The van der Waals surface area contributed by atoms with Crippen LogP contribution in [0.4, 0.5) is 0 Å². The first-order chi connectivity index (χ1) is 9.67. The maximum atomic E-state index is 11.2. The Labute approximate surface area is 115 Å². The second-order valence-electron chi connectivity index (χ2n) is 4.66. The first kappa shape index (κ1) is 12.5. The Morgan fingerprint density at radius 1 is 1.15 bits per heavy atom. The largest absolute Gasteiger partial charge is 0.376 e. The third kappa shape index (κ3) is 2.31. The molecule has 0 saturated heterocycles. The number of nitrogens with zero attached hydrogens (tertiary/aromatic N) is 3. The molecule has 1 aliphatic rings. The molecule has 0 amide bonds. The van der Waals surface area contributed by atoms with Gasteiger partial charge in [0.05, 0.1) is 18.4 Å². The Bertz CT molecular complexity index is 670. The number of ketones is 1. The molecule has 2 aromatic rings. The molecule has 0 saturated carbocycles. The zero-order chi connectivity index (χ0) is 14.0. The van der Waals surface area contributed by atoms with E-state index in [1.807, 2.05) is 30.3 Å². The summed E-state index contributed by atoms with van der Waals surface area (Å²) in [6.45, 7) is 0.508. The highest BCUT2D eigenvalue weighted by Crippen LogP contribution is 2.26. The van der Waals surface area contributed by atoms with Crippen LogP contribution in [0, 0.1) is 0 Å². The van der Waals surface area contributed by atoms with Gasteiger partial charge in [-0.15, -0.1) is 5.10 Å². The molecule has 0 fully saturated rings. The van der Waals surface area contributed by atoms with Gasteiger partial charge in [-0.25, -0.2) is 4.68 Å². The van der Waals surface area contributed by atoms with Crippen molar-refractivity contribution in [2.45, 2.75) is 12.1 Å². The number of allylic oxidation sites excluding steroid dienone is 2. The molecule has 0 atom stereocenters. The van der Waals surface area contributed by atoms with Gasteiger partial charge < -0.3 is 5.11 Å². The minimum Gasteiger partial charge on any atom is -0.376 e. The Morgan fingerprint density at radius 3 is 2.55 bits per heavy atom. The first-order valence-electron chi connectivity index (χ1n) is 6.25. The molecule has 1 aromatic carbocycles. The van der Waals surface area contributed by atoms with E-state index in [0.717, 1.165) is 5.56 Å². The third-order valence-electron chi connectivity index (χ3n) is 3.21. The van der Waals surface area contributed by atoms with Gasteiger partial charge in [0.25, 0.3) is 0 Å². The average Bonchev–Trinajstić information content (AvgIpc) is 2.92. The van der Waals surface area contributed by atoms with Crippen molar-refractivity contribution in [3.8, 4) is 0 Å². The van der Waals surface area contributed by atoms with Crippen LogP contribution in [-0.4, -0.2) is 25.9 Å². The molecule has 0 spiro atoms. The molecular weight excluding hydrogens is 254 g/mol. The topological polar surface area (TPSA) is 68.0 Å². The van der Waals surface area contributed by atoms with Crippen molar-refractivity contribution in [3.63, 3.8) is 0 Å². The van der Waals surface area contributed by atoms with Crippen LogP contribution < -0.4 is 0 Å². The first-order valence-corrected chi connectivity index (χ1v) is 6.25. The Morgan fingerprint density at radius 2 is 1.85 bits per heavy atom. The number of aliphatic hydroxyl groups is 1. The van der Waals surface area contributed by atoms with Gasteiger partial charge in [-0.3, -0.25) is 4.79 Å². The predicted molar refractivity (Wildman–Crippen MR) is 72.7 cm³/mol. The zero-order valence-electron chi connectivity index (χ0n) is 10.7. The van der Waals surface area contributed by atoms with E-state index in [0.29, 0.717) is 12.2 Å². The fourth-order valence-electron chi connectivity index (χ4n) is 2.14. The predicted octanol–water partition coefficient (Wildman–Crippen LogP) is 1.21. The molecule has 0 bridgehead atoms. The van der Waals surface area contributed by atoms with E-state index in [4.69, 9.17) is 0 Å².